The SMILES string of the molecule is CC(C)CN1C(=S)N(Cc2ccc(-c3ccccn3)cc2)[C@H]2[C@H]3OC(=O)[C@H](C[C@H]3O)[C@H]21. The highest BCUT2D eigenvalue weighted by Crippen LogP contribution is 2.44. The van der Waals surface area contributed by atoms with Crippen LogP contribution in [0.2, 0.25) is 0 Å². The van der Waals surface area contributed by atoms with Crippen molar-refractivity contribution in [3.8, 4) is 11.3 Å². The van der Waals surface area contributed by atoms with E-state index in [-0.39, 0.29) is 24.0 Å². The first-order valence-electron chi connectivity index (χ1n) is 10.9. The number of aromatic nitrogens is 1. The minimum absolute atomic E-state index is 0.0302. The van der Waals surface area contributed by atoms with Gasteiger partial charge in [-0.1, -0.05) is 44.2 Å². The number of benzene rings is 1. The maximum absolute atomic E-state index is 12.5. The Hall–Kier alpha value is -2.51. The molecule has 2 bridgehead atoms. The van der Waals surface area contributed by atoms with Crippen molar-refractivity contribution in [1.29, 1.82) is 0 Å². The largest absolute Gasteiger partial charge is 0.457 e. The second-order valence-corrected chi connectivity index (χ2v) is 9.53. The van der Waals surface area contributed by atoms with Gasteiger partial charge in [0.25, 0.3) is 0 Å². The van der Waals surface area contributed by atoms with Gasteiger partial charge in [-0.2, -0.15) is 0 Å². The minimum atomic E-state index is -0.639. The van der Waals surface area contributed by atoms with Crippen molar-refractivity contribution in [2.75, 3.05) is 6.54 Å². The van der Waals surface area contributed by atoms with Crippen LogP contribution in [0.1, 0.15) is 25.8 Å². The number of aliphatic hydroxyl groups is 1. The summed E-state index contributed by atoms with van der Waals surface area (Å²) >= 11 is 5.90. The lowest BCUT2D eigenvalue weighted by Crippen LogP contribution is -2.66. The smallest absolute Gasteiger partial charge is 0.311 e. The zero-order chi connectivity index (χ0) is 21.7. The molecule has 1 N–H and O–H groups in total. The van der Waals surface area contributed by atoms with Gasteiger partial charge in [0, 0.05) is 24.8 Å². The lowest BCUT2D eigenvalue weighted by Gasteiger charge is -2.49. The van der Waals surface area contributed by atoms with E-state index in [4.69, 9.17) is 17.0 Å². The predicted octanol–water partition coefficient (Wildman–Crippen LogP) is 2.85. The second kappa shape index (κ2) is 7.88. The molecule has 1 saturated carbocycles. The molecule has 6 rings (SSSR count). The maximum atomic E-state index is 12.5. The second-order valence-electron chi connectivity index (χ2n) is 9.16. The van der Waals surface area contributed by atoms with Crippen molar-refractivity contribution in [2.24, 2.45) is 11.8 Å². The molecule has 4 fully saturated rings. The fourth-order valence-corrected chi connectivity index (χ4v) is 5.64. The zero-order valence-electron chi connectivity index (χ0n) is 17.7. The molecular formula is C24H27N3O3S. The van der Waals surface area contributed by atoms with Crippen LogP contribution < -0.4 is 0 Å². The Morgan fingerprint density at radius 3 is 2.61 bits per heavy atom. The van der Waals surface area contributed by atoms with Gasteiger partial charge in [-0.05, 0) is 42.3 Å². The van der Waals surface area contributed by atoms with E-state index in [1.165, 1.54) is 0 Å². The van der Waals surface area contributed by atoms with Crippen molar-refractivity contribution in [2.45, 2.75) is 51.1 Å². The van der Waals surface area contributed by atoms with E-state index in [2.05, 4.69) is 52.9 Å². The van der Waals surface area contributed by atoms with Crippen LogP contribution in [0.15, 0.2) is 48.7 Å². The number of hydrogen-bond donors (Lipinski definition) is 1. The molecule has 0 amide bonds. The van der Waals surface area contributed by atoms with Gasteiger partial charge in [-0.3, -0.25) is 9.78 Å². The van der Waals surface area contributed by atoms with E-state index in [9.17, 15) is 9.90 Å². The number of carbonyl (C=O) groups is 1. The molecular weight excluding hydrogens is 410 g/mol. The number of hydrogen-bond acceptors (Lipinski definition) is 5. The number of aliphatic hydroxyl groups excluding tert-OH is 1. The van der Waals surface area contributed by atoms with Crippen LogP contribution in [0.4, 0.5) is 0 Å². The molecule has 0 spiro atoms. The molecule has 31 heavy (non-hydrogen) atoms. The number of nitrogens with zero attached hydrogens (tertiary/aromatic N) is 3. The highest BCUT2D eigenvalue weighted by atomic mass is 32.1. The molecule has 4 heterocycles. The molecule has 3 aliphatic heterocycles. The molecule has 162 valence electrons. The van der Waals surface area contributed by atoms with Gasteiger partial charge in [0.2, 0.25) is 0 Å². The van der Waals surface area contributed by atoms with Crippen LogP contribution in [0.5, 0.6) is 0 Å². The molecule has 0 unspecified atom stereocenters. The lowest BCUT2D eigenvalue weighted by molar-refractivity contribution is -0.199. The van der Waals surface area contributed by atoms with Gasteiger partial charge >= 0.3 is 5.97 Å². The minimum Gasteiger partial charge on any atom is -0.457 e. The Morgan fingerprint density at radius 1 is 1.16 bits per heavy atom. The van der Waals surface area contributed by atoms with Crippen LogP contribution in [-0.2, 0) is 16.1 Å². The van der Waals surface area contributed by atoms with E-state index in [1.807, 2.05) is 18.2 Å². The van der Waals surface area contributed by atoms with E-state index >= 15 is 0 Å². The topological polar surface area (TPSA) is 65.9 Å². The number of rotatable bonds is 5. The fraction of sp³-hybridized carbons (Fsp3) is 0.458. The maximum Gasteiger partial charge on any atom is 0.311 e. The number of ether oxygens (including phenoxy) is 1. The number of carbonyl (C=O) groups excluding carboxylic acids is 1. The third kappa shape index (κ3) is 3.49. The molecule has 3 saturated heterocycles. The Kier molecular flexibility index (Phi) is 5.18. The molecule has 5 atom stereocenters. The van der Waals surface area contributed by atoms with Gasteiger partial charge in [0.15, 0.2) is 5.11 Å². The molecule has 2 aromatic rings. The predicted molar refractivity (Wildman–Crippen MR) is 121 cm³/mol. The van der Waals surface area contributed by atoms with Gasteiger partial charge < -0.3 is 19.6 Å². The summed E-state index contributed by atoms with van der Waals surface area (Å²) < 4.78 is 5.63. The lowest BCUT2D eigenvalue weighted by atomic mass is 9.74. The molecule has 1 aromatic heterocycles. The first kappa shape index (κ1) is 20.4. The molecule has 4 aliphatic rings. The molecule has 7 heteroatoms. The summed E-state index contributed by atoms with van der Waals surface area (Å²) in [5.41, 5.74) is 3.12. The monoisotopic (exact) mass is 437 g/mol. The summed E-state index contributed by atoms with van der Waals surface area (Å²) in [5, 5.41) is 11.3. The highest BCUT2D eigenvalue weighted by Gasteiger charge is 2.62. The van der Waals surface area contributed by atoms with E-state index in [0.29, 0.717) is 18.9 Å². The molecule has 0 radical (unpaired) electrons. The Balaban J connectivity index is 1.43. The Bertz CT molecular complexity index is 981. The zero-order valence-corrected chi connectivity index (χ0v) is 18.5. The van der Waals surface area contributed by atoms with E-state index in [0.717, 1.165) is 28.5 Å². The summed E-state index contributed by atoms with van der Waals surface area (Å²) in [6, 6.07) is 14.1. The molecule has 6 nitrogen and oxygen atoms in total. The number of fused-ring (bicyclic) bond motifs is 2. The standard InChI is InChI=1S/C24H27N3O3S/c1-14(2)12-26-20-17-11-19(28)22(30-23(17)29)21(20)27(24(26)31)13-15-6-8-16(9-7-15)18-5-3-4-10-25-18/h3-10,14,17,19-22,28H,11-13H2,1-2H3/t17-,19-,20-,21-,22+/m1/s1. The van der Waals surface area contributed by atoms with Gasteiger partial charge in [-0.15, -0.1) is 0 Å². The van der Waals surface area contributed by atoms with Crippen molar-refractivity contribution in [1.82, 2.24) is 14.8 Å². The Morgan fingerprint density at radius 2 is 1.94 bits per heavy atom. The van der Waals surface area contributed by atoms with Crippen LogP contribution in [0.3, 0.4) is 0 Å². The summed E-state index contributed by atoms with van der Waals surface area (Å²) in [5.74, 6) is -0.120. The van der Waals surface area contributed by atoms with Crippen molar-refractivity contribution >= 4 is 23.3 Å². The average Bonchev–Trinajstić information content (AvgIpc) is 3.03. The number of esters is 1. The van der Waals surface area contributed by atoms with Crippen LogP contribution >= 0.6 is 12.2 Å². The van der Waals surface area contributed by atoms with Crippen LogP contribution in [0.25, 0.3) is 11.3 Å². The Labute approximate surface area is 187 Å². The quantitative estimate of drug-likeness (QED) is 0.570. The third-order valence-corrected chi connectivity index (χ3v) is 7.04. The first-order chi connectivity index (χ1) is 14.9. The normalized spacial score (nSPS) is 29.5. The summed E-state index contributed by atoms with van der Waals surface area (Å²) in [7, 11) is 0. The summed E-state index contributed by atoms with van der Waals surface area (Å²) in [4.78, 5) is 21.3. The third-order valence-electron chi connectivity index (χ3n) is 6.57. The average molecular weight is 438 g/mol. The highest BCUT2D eigenvalue weighted by molar-refractivity contribution is 7.80. The van der Waals surface area contributed by atoms with Gasteiger partial charge in [0.1, 0.15) is 6.10 Å². The molecule has 1 aliphatic carbocycles. The number of thiocarbonyl (C=S) groups is 1. The van der Waals surface area contributed by atoms with Gasteiger partial charge in [-0.25, -0.2) is 0 Å². The number of pyridine rings is 1. The van der Waals surface area contributed by atoms with Crippen molar-refractivity contribution in [3.63, 3.8) is 0 Å². The van der Waals surface area contributed by atoms with Crippen molar-refractivity contribution < 1.29 is 14.6 Å². The molecule has 1 aromatic carbocycles. The van der Waals surface area contributed by atoms with Gasteiger partial charge in [0.05, 0.1) is 29.8 Å². The fourth-order valence-electron chi connectivity index (χ4n) is 5.26. The van der Waals surface area contributed by atoms with E-state index in [1.54, 1.807) is 6.20 Å². The van der Waals surface area contributed by atoms with Crippen LogP contribution in [0, 0.1) is 11.8 Å². The van der Waals surface area contributed by atoms with Crippen molar-refractivity contribution in [3.05, 3.63) is 54.2 Å². The van der Waals surface area contributed by atoms with Crippen LogP contribution in [-0.4, -0.2) is 61.8 Å². The first-order valence-corrected chi connectivity index (χ1v) is 11.3. The summed E-state index contributed by atoms with van der Waals surface area (Å²) in [6.45, 7) is 5.72. The van der Waals surface area contributed by atoms with E-state index < -0.39 is 12.2 Å². The summed E-state index contributed by atoms with van der Waals surface area (Å²) in [6.07, 6.45) is 1.07.